The highest BCUT2D eigenvalue weighted by Gasteiger charge is 2.30. The van der Waals surface area contributed by atoms with Crippen molar-refractivity contribution in [3.8, 4) is 0 Å². The molecule has 1 unspecified atom stereocenters. The maximum Gasteiger partial charge on any atom is 0.265 e. The van der Waals surface area contributed by atoms with Gasteiger partial charge in [0, 0.05) is 32.7 Å². The van der Waals surface area contributed by atoms with Gasteiger partial charge in [0.2, 0.25) is 0 Å². The van der Waals surface area contributed by atoms with E-state index in [0.29, 0.717) is 0 Å². The number of hydroxylamine groups is 1. The van der Waals surface area contributed by atoms with Gasteiger partial charge in [-0.05, 0) is 11.1 Å². The Morgan fingerprint density at radius 2 is 1.54 bits per heavy atom. The summed E-state index contributed by atoms with van der Waals surface area (Å²) in [6, 6.07) is 19.6. The Bertz CT molecular complexity index is 640. The van der Waals surface area contributed by atoms with Gasteiger partial charge in [0.1, 0.15) is 6.04 Å². The molecule has 1 aliphatic rings. The van der Waals surface area contributed by atoms with Crippen LogP contribution >= 0.6 is 0 Å². The van der Waals surface area contributed by atoms with Crippen LogP contribution in [0.3, 0.4) is 0 Å². The van der Waals surface area contributed by atoms with E-state index < -0.39 is 6.04 Å². The molecule has 0 aliphatic carbocycles. The van der Waals surface area contributed by atoms with Crippen molar-refractivity contribution in [3.05, 3.63) is 71.8 Å². The minimum Gasteiger partial charge on any atom is -0.297 e. The number of carbonyl (C=O) groups excluding carboxylic acids is 1. The van der Waals surface area contributed by atoms with E-state index in [1.807, 2.05) is 41.9 Å². The van der Waals surface area contributed by atoms with E-state index in [0.717, 1.165) is 38.3 Å². The summed E-state index contributed by atoms with van der Waals surface area (Å²) in [5.74, 6) is -0.377. The molecule has 1 atom stereocenters. The average Bonchev–Trinajstić information content (AvgIpc) is 2.65. The van der Waals surface area contributed by atoms with Gasteiger partial charge >= 0.3 is 0 Å². The summed E-state index contributed by atoms with van der Waals surface area (Å²) in [6.45, 7) is 4.31. The Morgan fingerprint density at radius 1 is 0.958 bits per heavy atom. The standard InChI is InChI=1S/C19H23N3O2/c23-19(20-24)18(17-9-5-2-6-10-17)22-13-11-21(12-14-22)15-16-7-3-1-4-8-16/h1-10,18,24H,11-15H2,(H,20,23). The molecule has 1 amide bonds. The number of hydrogen-bond acceptors (Lipinski definition) is 4. The second-order valence-corrected chi connectivity index (χ2v) is 6.09. The third-order valence-electron chi connectivity index (χ3n) is 4.49. The first-order chi connectivity index (χ1) is 11.8. The van der Waals surface area contributed by atoms with Crippen molar-refractivity contribution in [1.29, 1.82) is 0 Å². The van der Waals surface area contributed by atoms with Crippen LogP contribution in [0.4, 0.5) is 0 Å². The van der Waals surface area contributed by atoms with Crippen LogP contribution in [0, 0.1) is 0 Å². The second kappa shape index (κ2) is 8.06. The SMILES string of the molecule is O=C(NO)C(c1ccccc1)N1CCN(Cc2ccccc2)CC1. The van der Waals surface area contributed by atoms with Crippen molar-refractivity contribution in [2.24, 2.45) is 0 Å². The van der Waals surface area contributed by atoms with Gasteiger partial charge in [-0.15, -0.1) is 0 Å². The van der Waals surface area contributed by atoms with Crippen LogP contribution in [0.25, 0.3) is 0 Å². The summed E-state index contributed by atoms with van der Waals surface area (Å²) in [6.07, 6.45) is 0. The molecule has 1 heterocycles. The van der Waals surface area contributed by atoms with E-state index in [-0.39, 0.29) is 5.91 Å². The molecule has 24 heavy (non-hydrogen) atoms. The van der Waals surface area contributed by atoms with E-state index in [2.05, 4.69) is 34.1 Å². The van der Waals surface area contributed by atoms with E-state index in [1.54, 1.807) is 0 Å². The zero-order chi connectivity index (χ0) is 16.8. The number of nitrogens with one attached hydrogen (secondary N) is 1. The van der Waals surface area contributed by atoms with Crippen molar-refractivity contribution >= 4 is 5.91 Å². The van der Waals surface area contributed by atoms with Crippen LogP contribution in [0.5, 0.6) is 0 Å². The molecule has 1 fully saturated rings. The third-order valence-corrected chi connectivity index (χ3v) is 4.49. The zero-order valence-corrected chi connectivity index (χ0v) is 13.6. The maximum absolute atomic E-state index is 12.2. The Morgan fingerprint density at radius 3 is 2.12 bits per heavy atom. The first-order valence-electron chi connectivity index (χ1n) is 8.27. The summed E-state index contributed by atoms with van der Waals surface area (Å²) in [5, 5.41) is 9.11. The lowest BCUT2D eigenvalue weighted by molar-refractivity contribution is -0.136. The maximum atomic E-state index is 12.2. The summed E-state index contributed by atoms with van der Waals surface area (Å²) in [4.78, 5) is 16.7. The molecule has 3 rings (SSSR count). The lowest BCUT2D eigenvalue weighted by atomic mass is 10.0. The van der Waals surface area contributed by atoms with E-state index in [4.69, 9.17) is 5.21 Å². The lowest BCUT2D eigenvalue weighted by Crippen LogP contribution is -2.50. The predicted octanol–water partition coefficient (Wildman–Crippen LogP) is 2.05. The first kappa shape index (κ1) is 16.6. The van der Waals surface area contributed by atoms with Crippen molar-refractivity contribution in [3.63, 3.8) is 0 Å². The van der Waals surface area contributed by atoms with Gasteiger partial charge in [0.25, 0.3) is 5.91 Å². The molecule has 2 aromatic rings. The van der Waals surface area contributed by atoms with E-state index in [9.17, 15) is 4.79 Å². The molecule has 5 nitrogen and oxygen atoms in total. The summed E-state index contributed by atoms with van der Waals surface area (Å²) < 4.78 is 0. The van der Waals surface area contributed by atoms with Gasteiger partial charge in [0.15, 0.2) is 0 Å². The van der Waals surface area contributed by atoms with Gasteiger partial charge in [0.05, 0.1) is 0 Å². The number of rotatable bonds is 5. The summed E-state index contributed by atoms with van der Waals surface area (Å²) in [7, 11) is 0. The van der Waals surface area contributed by atoms with Crippen molar-refractivity contribution < 1.29 is 10.0 Å². The molecular formula is C19H23N3O2. The Kier molecular flexibility index (Phi) is 5.59. The lowest BCUT2D eigenvalue weighted by Gasteiger charge is -2.38. The molecule has 0 radical (unpaired) electrons. The third kappa shape index (κ3) is 4.00. The molecule has 5 heteroatoms. The topological polar surface area (TPSA) is 55.8 Å². The Balaban J connectivity index is 1.64. The predicted molar refractivity (Wildman–Crippen MR) is 92.4 cm³/mol. The minimum absolute atomic E-state index is 0.377. The quantitative estimate of drug-likeness (QED) is 0.653. The molecule has 1 saturated heterocycles. The summed E-state index contributed by atoms with van der Waals surface area (Å²) >= 11 is 0. The van der Waals surface area contributed by atoms with Crippen molar-refractivity contribution in [2.45, 2.75) is 12.6 Å². The number of carbonyl (C=O) groups is 1. The first-order valence-corrected chi connectivity index (χ1v) is 8.27. The van der Waals surface area contributed by atoms with Gasteiger partial charge < -0.3 is 0 Å². The van der Waals surface area contributed by atoms with Crippen LogP contribution in [-0.4, -0.2) is 47.1 Å². The molecular weight excluding hydrogens is 302 g/mol. The van der Waals surface area contributed by atoms with Gasteiger partial charge in [-0.2, -0.15) is 0 Å². The molecule has 126 valence electrons. The number of benzene rings is 2. The van der Waals surface area contributed by atoms with Gasteiger partial charge in [-0.1, -0.05) is 60.7 Å². The van der Waals surface area contributed by atoms with Gasteiger partial charge in [-0.25, -0.2) is 5.48 Å². The number of hydrogen-bond donors (Lipinski definition) is 2. The smallest absolute Gasteiger partial charge is 0.265 e. The number of amides is 1. The Labute approximate surface area is 142 Å². The van der Waals surface area contributed by atoms with Crippen LogP contribution in [0.2, 0.25) is 0 Å². The summed E-state index contributed by atoms with van der Waals surface area (Å²) in [5.41, 5.74) is 4.03. The van der Waals surface area contributed by atoms with Crippen LogP contribution < -0.4 is 5.48 Å². The highest BCUT2D eigenvalue weighted by Crippen LogP contribution is 2.23. The van der Waals surface area contributed by atoms with E-state index >= 15 is 0 Å². The largest absolute Gasteiger partial charge is 0.297 e. The normalized spacial score (nSPS) is 17.4. The number of nitrogens with zero attached hydrogens (tertiary/aromatic N) is 2. The molecule has 1 aliphatic heterocycles. The minimum atomic E-state index is -0.449. The highest BCUT2D eigenvalue weighted by molar-refractivity contribution is 5.82. The molecule has 0 aromatic heterocycles. The fourth-order valence-corrected chi connectivity index (χ4v) is 3.25. The van der Waals surface area contributed by atoms with Crippen molar-refractivity contribution in [1.82, 2.24) is 15.3 Å². The average molecular weight is 325 g/mol. The molecule has 0 bridgehead atoms. The molecule has 0 saturated carbocycles. The fourth-order valence-electron chi connectivity index (χ4n) is 3.25. The van der Waals surface area contributed by atoms with Crippen LogP contribution in [-0.2, 0) is 11.3 Å². The molecule has 2 N–H and O–H groups in total. The fraction of sp³-hybridized carbons (Fsp3) is 0.316. The second-order valence-electron chi connectivity index (χ2n) is 6.09. The monoisotopic (exact) mass is 325 g/mol. The molecule has 2 aromatic carbocycles. The van der Waals surface area contributed by atoms with Crippen LogP contribution in [0.15, 0.2) is 60.7 Å². The zero-order valence-electron chi connectivity index (χ0n) is 13.6. The Hall–Kier alpha value is -2.21. The number of piperazine rings is 1. The van der Waals surface area contributed by atoms with E-state index in [1.165, 1.54) is 5.56 Å². The van der Waals surface area contributed by atoms with Crippen molar-refractivity contribution in [2.75, 3.05) is 26.2 Å². The van der Waals surface area contributed by atoms with Crippen LogP contribution in [0.1, 0.15) is 17.2 Å². The van der Waals surface area contributed by atoms with Gasteiger partial charge in [-0.3, -0.25) is 19.8 Å². The highest BCUT2D eigenvalue weighted by atomic mass is 16.5. The molecule has 0 spiro atoms.